The first-order valence-electron chi connectivity index (χ1n) is 7.04. The highest BCUT2D eigenvalue weighted by Gasteiger charge is 2.19. The third kappa shape index (κ3) is 4.08. The molecule has 2 aromatic carbocycles. The summed E-state index contributed by atoms with van der Waals surface area (Å²) in [5, 5.41) is 21.0. The van der Waals surface area contributed by atoms with E-state index in [2.05, 4.69) is 21.2 Å². The molecule has 0 aromatic heterocycles. The number of amides is 1. The molecular formula is C16H14BBrFNO4. The lowest BCUT2D eigenvalue weighted by atomic mass is 9.77. The molecule has 0 radical (unpaired) electrons. The SMILES string of the molecule is CC(NC(=O)c1ccc(B(O)O)c(C=O)c1)c1ccc(Br)cc1F. The third-order valence-electron chi connectivity index (χ3n) is 3.53. The van der Waals surface area contributed by atoms with Gasteiger partial charge in [-0.3, -0.25) is 9.59 Å². The van der Waals surface area contributed by atoms with Crippen LogP contribution in [0.5, 0.6) is 0 Å². The maximum absolute atomic E-state index is 13.9. The molecule has 0 aliphatic rings. The Morgan fingerprint density at radius 3 is 2.58 bits per heavy atom. The van der Waals surface area contributed by atoms with Crippen LogP contribution >= 0.6 is 15.9 Å². The molecule has 0 aliphatic carbocycles. The number of rotatable bonds is 5. The molecule has 124 valence electrons. The molecule has 0 aliphatic heterocycles. The second-order valence-electron chi connectivity index (χ2n) is 5.20. The lowest BCUT2D eigenvalue weighted by Gasteiger charge is -2.16. The van der Waals surface area contributed by atoms with Crippen LogP contribution in [0.3, 0.4) is 0 Å². The Kier molecular flexibility index (Phi) is 5.87. The highest BCUT2D eigenvalue weighted by Crippen LogP contribution is 2.21. The van der Waals surface area contributed by atoms with Crippen molar-refractivity contribution in [2.45, 2.75) is 13.0 Å². The van der Waals surface area contributed by atoms with Gasteiger partial charge in [0.2, 0.25) is 0 Å². The van der Waals surface area contributed by atoms with Crippen molar-refractivity contribution in [3.8, 4) is 0 Å². The fraction of sp³-hybridized carbons (Fsp3) is 0.125. The number of hydrogen-bond donors (Lipinski definition) is 3. The summed E-state index contributed by atoms with van der Waals surface area (Å²) in [6, 6.07) is 7.85. The third-order valence-corrected chi connectivity index (χ3v) is 4.02. The Labute approximate surface area is 146 Å². The van der Waals surface area contributed by atoms with Gasteiger partial charge >= 0.3 is 7.12 Å². The number of carbonyl (C=O) groups is 2. The summed E-state index contributed by atoms with van der Waals surface area (Å²) >= 11 is 3.17. The normalized spacial score (nSPS) is 11.7. The van der Waals surface area contributed by atoms with E-state index < -0.39 is 24.9 Å². The van der Waals surface area contributed by atoms with Crippen molar-refractivity contribution < 1.29 is 24.0 Å². The van der Waals surface area contributed by atoms with Crippen LogP contribution in [0.25, 0.3) is 0 Å². The topological polar surface area (TPSA) is 86.6 Å². The second-order valence-corrected chi connectivity index (χ2v) is 6.11. The molecule has 2 rings (SSSR count). The lowest BCUT2D eigenvalue weighted by Crippen LogP contribution is -2.34. The standard InChI is InChI=1S/C16H14BBrFNO4/c1-9(13-4-3-12(18)7-15(13)19)20-16(22)10-2-5-14(17(23)24)11(6-10)8-21/h2-9,23-24H,1H3,(H,20,22). The van der Waals surface area contributed by atoms with Crippen molar-refractivity contribution in [1.82, 2.24) is 5.32 Å². The summed E-state index contributed by atoms with van der Waals surface area (Å²) in [5.74, 6) is -0.962. The number of nitrogens with one attached hydrogen (secondary N) is 1. The minimum Gasteiger partial charge on any atom is -0.423 e. The van der Waals surface area contributed by atoms with Gasteiger partial charge in [-0.2, -0.15) is 0 Å². The van der Waals surface area contributed by atoms with Gasteiger partial charge in [-0.1, -0.05) is 28.1 Å². The van der Waals surface area contributed by atoms with Crippen molar-refractivity contribution >= 4 is 40.7 Å². The number of benzene rings is 2. The van der Waals surface area contributed by atoms with Crippen LogP contribution in [0, 0.1) is 5.82 Å². The van der Waals surface area contributed by atoms with Crippen LogP contribution in [0.1, 0.15) is 39.2 Å². The molecule has 8 heteroatoms. The van der Waals surface area contributed by atoms with Crippen LogP contribution in [-0.2, 0) is 0 Å². The van der Waals surface area contributed by atoms with Crippen LogP contribution in [0.15, 0.2) is 40.9 Å². The van der Waals surface area contributed by atoms with E-state index in [0.29, 0.717) is 16.3 Å². The molecule has 1 amide bonds. The smallest absolute Gasteiger partial charge is 0.423 e. The monoisotopic (exact) mass is 393 g/mol. The van der Waals surface area contributed by atoms with Crippen LogP contribution in [-0.4, -0.2) is 29.4 Å². The van der Waals surface area contributed by atoms with Gasteiger partial charge in [0, 0.05) is 21.2 Å². The molecule has 5 nitrogen and oxygen atoms in total. The average Bonchev–Trinajstić information content (AvgIpc) is 2.53. The molecule has 0 bridgehead atoms. The highest BCUT2D eigenvalue weighted by atomic mass is 79.9. The van der Waals surface area contributed by atoms with Gasteiger partial charge in [-0.25, -0.2) is 4.39 Å². The summed E-state index contributed by atoms with van der Waals surface area (Å²) in [7, 11) is -1.81. The molecule has 1 atom stereocenters. The minimum absolute atomic E-state index is 0.000116. The fourth-order valence-corrected chi connectivity index (χ4v) is 2.60. The van der Waals surface area contributed by atoms with Gasteiger partial charge in [-0.15, -0.1) is 0 Å². The van der Waals surface area contributed by atoms with Crippen LogP contribution in [0.2, 0.25) is 0 Å². The lowest BCUT2D eigenvalue weighted by molar-refractivity contribution is 0.0939. The quantitative estimate of drug-likeness (QED) is 0.531. The van der Waals surface area contributed by atoms with Gasteiger partial charge < -0.3 is 15.4 Å². The Bertz CT molecular complexity index is 785. The van der Waals surface area contributed by atoms with Crippen LogP contribution < -0.4 is 10.8 Å². The van der Waals surface area contributed by atoms with E-state index in [4.69, 9.17) is 10.0 Å². The van der Waals surface area contributed by atoms with Crippen LogP contribution in [0.4, 0.5) is 4.39 Å². The largest absolute Gasteiger partial charge is 0.489 e. The number of carbonyl (C=O) groups excluding carboxylic acids is 2. The molecule has 0 spiro atoms. The number of aldehydes is 1. The summed E-state index contributed by atoms with van der Waals surface area (Å²) in [4.78, 5) is 23.3. The van der Waals surface area contributed by atoms with E-state index in [1.165, 1.54) is 24.3 Å². The Hall–Kier alpha value is -2.03. The summed E-state index contributed by atoms with van der Waals surface area (Å²) in [6.07, 6.45) is 0.434. The molecule has 3 N–H and O–H groups in total. The average molecular weight is 394 g/mol. The van der Waals surface area contributed by atoms with E-state index in [-0.39, 0.29) is 16.6 Å². The zero-order valence-corrected chi connectivity index (χ0v) is 14.2. The maximum Gasteiger partial charge on any atom is 0.489 e. The van der Waals surface area contributed by atoms with Gasteiger partial charge in [-0.05, 0) is 36.7 Å². The van der Waals surface area contributed by atoms with E-state index >= 15 is 0 Å². The van der Waals surface area contributed by atoms with Gasteiger partial charge in [0.25, 0.3) is 5.91 Å². The van der Waals surface area contributed by atoms with Crippen molar-refractivity contribution in [3.05, 3.63) is 63.4 Å². The number of hydrogen-bond acceptors (Lipinski definition) is 4. The predicted molar refractivity (Wildman–Crippen MR) is 91.6 cm³/mol. The maximum atomic E-state index is 13.9. The molecule has 0 saturated carbocycles. The highest BCUT2D eigenvalue weighted by molar-refractivity contribution is 9.10. The molecular weight excluding hydrogens is 380 g/mol. The zero-order valence-electron chi connectivity index (χ0n) is 12.7. The first-order chi connectivity index (χ1) is 11.3. The Morgan fingerprint density at radius 1 is 1.29 bits per heavy atom. The fourth-order valence-electron chi connectivity index (χ4n) is 2.26. The zero-order chi connectivity index (χ0) is 17.9. The van der Waals surface area contributed by atoms with Gasteiger partial charge in [0.1, 0.15) is 12.1 Å². The second kappa shape index (κ2) is 7.70. The summed E-state index contributed by atoms with van der Waals surface area (Å²) in [6.45, 7) is 1.64. The van der Waals surface area contributed by atoms with Crippen molar-refractivity contribution in [1.29, 1.82) is 0 Å². The Morgan fingerprint density at radius 2 is 2.00 bits per heavy atom. The summed E-state index contributed by atoms with van der Waals surface area (Å²) < 4.78 is 14.5. The summed E-state index contributed by atoms with van der Waals surface area (Å²) in [5.41, 5.74) is 0.490. The first kappa shape index (κ1) is 18.3. The van der Waals surface area contributed by atoms with E-state index in [1.54, 1.807) is 19.1 Å². The van der Waals surface area contributed by atoms with E-state index in [9.17, 15) is 14.0 Å². The Balaban J connectivity index is 2.21. The van der Waals surface area contributed by atoms with Crippen molar-refractivity contribution in [2.75, 3.05) is 0 Å². The first-order valence-corrected chi connectivity index (χ1v) is 7.84. The van der Waals surface area contributed by atoms with E-state index in [1.807, 2.05) is 0 Å². The van der Waals surface area contributed by atoms with E-state index in [0.717, 1.165) is 0 Å². The van der Waals surface area contributed by atoms with Gasteiger partial charge in [0.15, 0.2) is 0 Å². The van der Waals surface area contributed by atoms with Crippen molar-refractivity contribution in [2.24, 2.45) is 0 Å². The molecule has 24 heavy (non-hydrogen) atoms. The number of halogens is 2. The molecule has 0 heterocycles. The molecule has 2 aromatic rings. The predicted octanol–water partition coefficient (Wildman–Crippen LogP) is 1.57. The molecule has 0 saturated heterocycles. The minimum atomic E-state index is -1.81. The molecule has 1 unspecified atom stereocenters. The van der Waals surface area contributed by atoms with Crippen molar-refractivity contribution in [3.63, 3.8) is 0 Å². The van der Waals surface area contributed by atoms with Gasteiger partial charge in [0.05, 0.1) is 6.04 Å². The molecule has 0 fully saturated rings.